The second kappa shape index (κ2) is 70.1. The molecule has 0 rings (SSSR count). The lowest BCUT2D eigenvalue weighted by atomic mass is 10.0. The van der Waals surface area contributed by atoms with Crippen molar-refractivity contribution in [1.29, 1.82) is 0 Å². The van der Waals surface area contributed by atoms with Crippen LogP contribution in [0.4, 0.5) is 0 Å². The molecule has 0 aromatic carbocycles. The SMILES string of the molecule is CCCCCCCCCCCCCCCCCC(=O)OC[C@H](COP(=O)(O)OC[C@@H](O)COP(=O)(O)OC[C@@H](COC(=O)CCCCCCCCCCCCCC)OC(=O)CCCCCCCCCCCCCCCC)OC(=O)CCCCCCCCCCCCCCC(C)C. The fourth-order valence-electron chi connectivity index (χ4n) is 11.9. The molecule has 0 saturated carbocycles. The van der Waals surface area contributed by atoms with Gasteiger partial charge in [0.1, 0.15) is 19.3 Å². The molecule has 19 heteroatoms. The van der Waals surface area contributed by atoms with E-state index in [0.717, 1.165) is 95.8 Å². The Morgan fingerprint density at radius 2 is 0.479 bits per heavy atom. The van der Waals surface area contributed by atoms with Crippen molar-refractivity contribution in [2.45, 2.75) is 425 Å². The molecular formula is C77H150O17P2. The van der Waals surface area contributed by atoms with Crippen molar-refractivity contribution in [2.24, 2.45) is 5.92 Å². The van der Waals surface area contributed by atoms with E-state index in [1.54, 1.807) is 0 Å². The lowest BCUT2D eigenvalue weighted by molar-refractivity contribution is -0.161. The number of hydrogen-bond acceptors (Lipinski definition) is 15. The van der Waals surface area contributed by atoms with Crippen molar-refractivity contribution in [1.82, 2.24) is 0 Å². The van der Waals surface area contributed by atoms with E-state index in [1.807, 2.05) is 0 Å². The summed E-state index contributed by atoms with van der Waals surface area (Å²) in [4.78, 5) is 72.9. The van der Waals surface area contributed by atoms with E-state index in [1.165, 1.54) is 231 Å². The summed E-state index contributed by atoms with van der Waals surface area (Å²) >= 11 is 0. The predicted octanol–water partition coefficient (Wildman–Crippen LogP) is 22.9. The van der Waals surface area contributed by atoms with Crippen molar-refractivity contribution in [3.63, 3.8) is 0 Å². The molecule has 2 unspecified atom stereocenters. The second-order valence-electron chi connectivity index (χ2n) is 28.2. The van der Waals surface area contributed by atoms with E-state index >= 15 is 0 Å². The van der Waals surface area contributed by atoms with Gasteiger partial charge < -0.3 is 33.8 Å². The lowest BCUT2D eigenvalue weighted by Gasteiger charge is -2.21. The molecule has 0 heterocycles. The number of phosphoric ester groups is 2. The zero-order valence-corrected chi connectivity index (χ0v) is 64.3. The molecule has 0 aliphatic carbocycles. The van der Waals surface area contributed by atoms with Gasteiger partial charge in [-0.3, -0.25) is 37.3 Å². The Balaban J connectivity index is 5.26. The summed E-state index contributed by atoms with van der Waals surface area (Å²) in [5.41, 5.74) is 0. The van der Waals surface area contributed by atoms with Crippen LogP contribution >= 0.6 is 15.6 Å². The van der Waals surface area contributed by atoms with Crippen molar-refractivity contribution in [3.8, 4) is 0 Å². The number of rotatable bonds is 77. The van der Waals surface area contributed by atoms with Gasteiger partial charge in [0, 0.05) is 25.7 Å². The number of carbonyl (C=O) groups excluding carboxylic acids is 4. The molecule has 0 aromatic rings. The molecule has 0 spiro atoms. The topological polar surface area (TPSA) is 237 Å². The molecule has 0 aromatic heterocycles. The molecule has 570 valence electrons. The van der Waals surface area contributed by atoms with E-state index in [9.17, 15) is 43.2 Å². The van der Waals surface area contributed by atoms with Crippen LogP contribution in [-0.4, -0.2) is 96.7 Å². The van der Waals surface area contributed by atoms with Gasteiger partial charge in [0.15, 0.2) is 12.2 Å². The molecule has 3 N–H and O–H groups in total. The van der Waals surface area contributed by atoms with Crippen LogP contribution in [0.3, 0.4) is 0 Å². The highest BCUT2D eigenvalue weighted by Gasteiger charge is 2.30. The van der Waals surface area contributed by atoms with Crippen LogP contribution in [0.25, 0.3) is 0 Å². The fourth-order valence-corrected chi connectivity index (χ4v) is 13.5. The van der Waals surface area contributed by atoms with Gasteiger partial charge in [-0.25, -0.2) is 9.13 Å². The van der Waals surface area contributed by atoms with Crippen LogP contribution in [0.2, 0.25) is 0 Å². The van der Waals surface area contributed by atoms with Gasteiger partial charge >= 0.3 is 39.5 Å². The Labute approximate surface area is 588 Å². The normalized spacial score (nSPS) is 13.9. The highest BCUT2D eigenvalue weighted by atomic mass is 31.2. The zero-order chi connectivity index (χ0) is 70.5. The summed E-state index contributed by atoms with van der Waals surface area (Å²) in [6, 6.07) is 0. The van der Waals surface area contributed by atoms with Gasteiger partial charge in [-0.2, -0.15) is 0 Å². The van der Waals surface area contributed by atoms with Crippen molar-refractivity contribution >= 4 is 39.5 Å². The highest BCUT2D eigenvalue weighted by molar-refractivity contribution is 7.47. The molecule has 5 atom stereocenters. The number of aliphatic hydroxyl groups is 1. The Kier molecular flexibility index (Phi) is 68.7. The molecule has 0 saturated heterocycles. The van der Waals surface area contributed by atoms with Gasteiger partial charge in [-0.05, 0) is 31.6 Å². The molecule has 0 amide bonds. The first kappa shape index (κ1) is 94.1. The first-order valence-corrected chi connectivity index (χ1v) is 43.1. The third-order valence-electron chi connectivity index (χ3n) is 18.0. The minimum absolute atomic E-state index is 0.108. The second-order valence-corrected chi connectivity index (χ2v) is 31.1. The third kappa shape index (κ3) is 70.5. The molecule has 17 nitrogen and oxygen atoms in total. The number of hydrogen-bond donors (Lipinski definition) is 3. The monoisotopic (exact) mass is 1410 g/mol. The smallest absolute Gasteiger partial charge is 0.462 e. The van der Waals surface area contributed by atoms with E-state index in [-0.39, 0.29) is 25.7 Å². The number of unbranched alkanes of at least 4 members (excludes halogenated alkanes) is 49. The molecule has 0 radical (unpaired) electrons. The number of aliphatic hydroxyl groups excluding tert-OH is 1. The largest absolute Gasteiger partial charge is 0.472 e. The number of carbonyl (C=O) groups is 4. The molecule has 0 bridgehead atoms. The van der Waals surface area contributed by atoms with Gasteiger partial charge in [-0.1, -0.05) is 356 Å². The van der Waals surface area contributed by atoms with Crippen molar-refractivity contribution < 1.29 is 80.2 Å². The first-order valence-electron chi connectivity index (χ1n) is 40.1. The maximum Gasteiger partial charge on any atom is 0.472 e. The first-order chi connectivity index (χ1) is 46.5. The Bertz CT molecular complexity index is 1840. The Hall–Kier alpha value is -1.94. The minimum atomic E-state index is -4.96. The standard InChI is InChI=1S/C77H150O17P2/c1-6-9-12-15-18-21-24-27-29-31-36-41-46-51-56-61-75(80)88-67-73(94-77(82)63-58-53-48-43-38-33-32-34-39-44-49-54-59-70(4)5)69-92-96(85,86)90-65-71(78)64-89-95(83,84)91-68-72(66-87-74(79)60-55-50-45-40-35-26-23-20-17-14-11-8-3)93-76(81)62-57-52-47-42-37-30-28-25-22-19-16-13-10-7-2/h70-73,78H,6-69H2,1-5H3,(H,83,84)(H,85,86)/t71-,72+,73+/m0/s1. The maximum atomic E-state index is 13.1. The summed E-state index contributed by atoms with van der Waals surface area (Å²) in [6.07, 6.45) is 59.4. The van der Waals surface area contributed by atoms with Crippen LogP contribution in [0.5, 0.6) is 0 Å². The Morgan fingerprint density at radius 3 is 0.708 bits per heavy atom. The molecular weight excluding hydrogens is 1260 g/mol. The van der Waals surface area contributed by atoms with E-state index in [2.05, 4.69) is 34.6 Å². The summed E-state index contributed by atoms with van der Waals surface area (Å²) in [6.45, 7) is 7.32. The molecule has 96 heavy (non-hydrogen) atoms. The number of phosphoric acid groups is 2. The van der Waals surface area contributed by atoms with Gasteiger partial charge in [-0.15, -0.1) is 0 Å². The lowest BCUT2D eigenvalue weighted by Crippen LogP contribution is -2.30. The van der Waals surface area contributed by atoms with Crippen molar-refractivity contribution in [2.75, 3.05) is 39.6 Å². The van der Waals surface area contributed by atoms with Crippen LogP contribution in [0, 0.1) is 5.92 Å². The quantitative estimate of drug-likeness (QED) is 0.0222. The average Bonchev–Trinajstić information content (AvgIpc) is 2.02. The van der Waals surface area contributed by atoms with E-state index in [0.29, 0.717) is 25.7 Å². The highest BCUT2D eigenvalue weighted by Crippen LogP contribution is 2.45. The maximum absolute atomic E-state index is 13.1. The number of esters is 4. The fraction of sp³-hybridized carbons (Fsp3) is 0.948. The summed E-state index contributed by atoms with van der Waals surface area (Å²) in [7, 11) is -9.91. The van der Waals surface area contributed by atoms with Crippen LogP contribution in [0.1, 0.15) is 407 Å². The zero-order valence-electron chi connectivity index (χ0n) is 62.5. The minimum Gasteiger partial charge on any atom is -0.462 e. The van der Waals surface area contributed by atoms with Crippen LogP contribution in [0.15, 0.2) is 0 Å². The van der Waals surface area contributed by atoms with Crippen LogP contribution in [-0.2, 0) is 65.4 Å². The van der Waals surface area contributed by atoms with Crippen LogP contribution < -0.4 is 0 Å². The predicted molar refractivity (Wildman–Crippen MR) is 391 cm³/mol. The van der Waals surface area contributed by atoms with Gasteiger partial charge in [0.25, 0.3) is 0 Å². The molecule has 0 aliphatic rings. The molecule has 0 fully saturated rings. The average molecular weight is 1410 g/mol. The summed E-state index contributed by atoms with van der Waals surface area (Å²) < 4.78 is 68.6. The van der Waals surface area contributed by atoms with E-state index < -0.39 is 97.5 Å². The summed E-state index contributed by atoms with van der Waals surface area (Å²) in [5, 5.41) is 10.6. The molecule has 0 aliphatic heterocycles. The third-order valence-corrected chi connectivity index (χ3v) is 19.9. The summed E-state index contributed by atoms with van der Waals surface area (Å²) in [5.74, 6) is -1.33. The van der Waals surface area contributed by atoms with E-state index in [4.69, 9.17) is 37.0 Å². The van der Waals surface area contributed by atoms with Gasteiger partial charge in [0.05, 0.1) is 26.4 Å². The Morgan fingerprint density at radius 1 is 0.281 bits per heavy atom. The van der Waals surface area contributed by atoms with Gasteiger partial charge in [0.2, 0.25) is 0 Å². The van der Waals surface area contributed by atoms with Crippen molar-refractivity contribution in [3.05, 3.63) is 0 Å². The number of ether oxygens (including phenoxy) is 4.